The molecule has 0 saturated heterocycles. The van der Waals surface area contributed by atoms with E-state index in [-0.39, 0.29) is 12.0 Å². The maximum absolute atomic E-state index is 14.7. The van der Waals surface area contributed by atoms with Gasteiger partial charge in [-0.3, -0.25) is 4.79 Å². The van der Waals surface area contributed by atoms with Crippen LogP contribution in [0.5, 0.6) is 11.6 Å². The summed E-state index contributed by atoms with van der Waals surface area (Å²) in [7, 11) is 3.38. The van der Waals surface area contributed by atoms with Gasteiger partial charge in [0.1, 0.15) is 17.7 Å². The minimum atomic E-state index is -0.756. The molecule has 1 aliphatic heterocycles. The Morgan fingerprint density at radius 3 is 2.70 bits per heavy atom. The SMILES string of the molecule is CNCc1cc([C@@H]2CCc3ccc([C@H](C4CC4)[C@H](C)C(=O)O)cc3O2)ccc1-c1cc(OC)ncc1F. The van der Waals surface area contributed by atoms with E-state index in [1.54, 1.807) is 13.0 Å². The fraction of sp³-hybridized carbons (Fsp3) is 0.400. The number of aryl methyl sites for hydroxylation is 1. The molecule has 1 fully saturated rings. The molecule has 0 bridgehead atoms. The van der Waals surface area contributed by atoms with Gasteiger partial charge < -0.3 is 19.9 Å². The van der Waals surface area contributed by atoms with E-state index >= 15 is 0 Å². The van der Waals surface area contributed by atoms with Gasteiger partial charge in [-0.05, 0) is 78.5 Å². The molecule has 7 heteroatoms. The van der Waals surface area contributed by atoms with E-state index in [1.165, 1.54) is 13.3 Å². The maximum Gasteiger partial charge on any atom is 0.306 e. The molecule has 2 heterocycles. The number of carboxylic acids is 1. The van der Waals surface area contributed by atoms with Gasteiger partial charge in [0, 0.05) is 18.2 Å². The van der Waals surface area contributed by atoms with E-state index in [0.717, 1.165) is 59.3 Å². The zero-order valence-electron chi connectivity index (χ0n) is 21.5. The normalized spacial score (nSPS) is 18.4. The predicted molar refractivity (Wildman–Crippen MR) is 139 cm³/mol. The zero-order valence-corrected chi connectivity index (χ0v) is 21.5. The van der Waals surface area contributed by atoms with Crippen molar-refractivity contribution in [1.29, 1.82) is 0 Å². The number of carboxylic acid groups (broad SMARTS) is 1. The molecule has 37 heavy (non-hydrogen) atoms. The van der Waals surface area contributed by atoms with Crippen LogP contribution in [0.3, 0.4) is 0 Å². The highest BCUT2D eigenvalue weighted by molar-refractivity contribution is 5.71. The van der Waals surface area contributed by atoms with Crippen LogP contribution in [0.1, 0.15) is 60.5 Å². The van der Waals surface area contributed by atoms with Crippen molar-refractivity contribution in [1.82, 2.24) is 10.3 Å². The smallest absolute Gasteiger partial charge is 0.306 e. The van der Waals surface area contributed by atoms with Crippen LogP contribution in [0.4, 0.5) is 4.39 Å². The van der Waals surface area contributed by atoms with Gasteiger partial charge >= 0.3 is 5.97 Å². The first-order valence-electron chi connectivity index (χ1n) is 12.9. The van der Waals surface area contributed by atoms with Gasteiger partial charge in [0.2, 0.25) is 5.88 Å². The Kier molecular flexibility index (Phi) is 7.15. The number of halogens is 1. The molecule has 6 nitrogen and oxygen atoms in total. The molecule has 1 aliphatic carbocycles. The van der Waals surface area contributed by atoms with Crippen molar-refractivity contribution in [3.63, 3.8) is 0 Å². The molecule has 3 aromatic rings. The number of benzene rings is 2. The zero-order chi connectivity index (χ0) is 26.1. The molecule has 0 spiro atoms. The van der Waals surface area contributed by atoms with Crippen LogP contribution >= 0.6 is 0 Å². The summed E-state index contributed by atoms with van der Waals surface area (Å²) in [5.41, 5.74) is 5.41. The van der Waals surface area contributed by atoms with Gasteiger partial charge in [-0.25, -0.2) is 9.37 Å². The number of methoxy groups -OCH3 is 1. The van der Waals surface area contributed by atoms with E-state index in [1.807, 2.05) is 19.2 Å². The van der Waals surface area contributed by atoms with Crippen LogP contribution in [0.25, 0.3) is 11.1 Å². The summed E-state index contributed by atoms with van der Waals surface area (Å²) in [6.45, 7) is 2.37. The number of nitrogens with one attached hydrogen (secondary N) is 1. The summed E-state index contributed by atoms with van der Waals surface area (Å²) in [6.07, 6.45) is 4.91. The molecule has 2 N–H and O–H groups in total. The lowest BCUT2D eigenvalue weighted by Gasteiger charge is -2.29. The highest BCUT2D eigenvalue weighted by atomic mass is 19.1. The minimum absolute atomic E-state index is 0.000501. The van der Waals surface area contributed by atoms with Gasteiger partial charge in [-0.1, -0.05) is 37.3 Å². The number of carbonyl (C=O) groups is 1. The molecule has 1 aromatic heterocycles. The standard InChI is InChI=1S/C30H33FN2O4/c1-17(30(34)35)29(19-5-6-19)21-7-4-18-9-11-26(37-27(18)13-21)20-8-10-23(22(12-20)15-32-2)24-14-28(36-3)33-16-25(24)31/h4,7-8,10,12-14,16-17,19,26,29,32H,5-6,9,11,15H2,1-3H3,(H,34,35)/t17-,26-,29-/m0/s1. The number of hydrogen-bond donors (Lipinski definition) is 2. The van der Waals surface area contributed by atoms with E-state index in [9.17, 15) is 14.3 Å². The molecule has 0 radical (unpaired) electrons. The second kappa shape index (κ2) is 10.5. The third-order valence-corrected chi connectivity index (χ3v) is 7.68. The Bertz CT molecular complexity index is 1310. The summed E-state index contributed by atoms with van der Waals surface area (Å²) in [5, 5.41) is 12.9. The molecule has 5 rings (SSSR count). The number of nitrogens with zero attached hydrogens (tertiary/aromatic N) is 1. The first kappa shape index (κ1) is 25.2. The third-order valence-electron chi connectivity index (χ3n) is 7.68. The van der Waals surface area contributed by atoms with Crippen molar-refractivity contribution in [3.8, 4) is 22.8 Å². The first-order chi connectivity index (χ1) is 17.9. The van der Waals surface area contributed by atoms with Crippen molar-refractivity contribution in [3.05, 3.63) is 76.7 Å². The van der Waals surface area contributed by atoms with Crippen molar-refractivity contribution in [2.45, 2.75) is 51.2 Å². The Morgan fingerprint density at radius 2 is 2.00 bits per heavy atom. The van der Waals surface area contributed by atoms with Crippen LogP contribution in [0.2, 0.25) is 0 Å². The lowest BCUT2D eigenvalue weighted by Crippen LogP contribution is -2.21. The number of hydrogen-bond acceptors (Lipinski definition) is 5. The van der Waals surface area contributed by atoms with Gasteiger partial charge in [-0.2, -0.15) is 0 Å². The molecule has 0 unspecified atom stereocenters. The molecule has 1 saturated carbocycles. The monoisotopic (exact) mass is 504 g/mol. The minimum Gasteiger partial charge on any atom is -0.485 e. The number of aromatic nitrogens is 1. The lowest BCUT2D eigenvalue weighted by molar-refractivity contribution is -0.142. The molecular formula is C30H33FN2O4. The maximum atomic E-state index is 14.7. The Balaban J connectivity index is 1.44. The summed E-state index contributed by atoms with van der Waals surface area (Å²) in [5.74, 6) is 0.0272. The number of ether oxygens (including phenoxy) is 2. The summed E-state index contributed by atoms with van der Waals surface area (Å²) < 4.78 is 26.4. The van der Waals surface area contributed by atoms with Gasteiger partial charge in [0.15, 0.2) is 0 Å². The van der Waals surface area contributed by atoms with Crippen LogP contribution in [-0.4, -0.2) is 30.2 Å². The third kappa shape index (κ3) is 5.18. The van der Waals surface area contributed by atoms with Crippen LogP contribution in [-0.2, 0) is 17.8 Å². The van der Waals surface area contributed by atoms with E-state index < -0.39 is 17.7 Å². The van der Waals surface area contributed by atoms with Crippen LogP contribution in [0, 0.1) is 17.7 Å². The van der Waals surface area contributed by atoms with E-state index in [2.05, 4.69) is 34.6 Å². The summed E-state index contributed by atoms with van der Waals surface area (Å²) in [4.78, 5) is 15.7. The average molecular weight is 505 g/mol. The van der Waals surface area contributed by atoms with E-state index in [4.69, 9.17) is 9.47 Å². The molecule has 194 valence electrons. The first-order valence-corrected chi connectivity index (χ1v) is 12.9. The largest absolute Gasteiger partial charge is 0.485 e. The van der Waals surface area contributed by atoms with Crippen molar-refractivity contribution in [2.24, 2.45) is 11.8 Å². The van der Waals surface area contributed by atoms with Crippen LogP contribution < -0.4 is 14.8 Å². The highest BCUT2D eigenvalue weighted by Gasteiger charge is 2.39. The van der Waals surface area contributed by atoms with Crippen molar-refractivity contribution >= 4 is 5.97 Å². The van der Waals surface area contributed by atoms with Crippen LogP contribution in [0.15, 0.2) is 48.7 Å². The van der Waals surface area contributed by atoms with Crippen molar-refractivity contribution < 1.29 is 23.8 Å². The molecular weight excluding hydrogens is 471 g/mol. The Labute approximate surface area is 216 Å². The van der Waals surface area contributed by atoms with Gasteiger partial charge in [0.25, 0.3) is 0 Å². The Hall–Kier alpha value is -3.45. The number of fused-ring (bicyclic) bond motifs is 1. The number of pyridine rings is 1. The quantitative estimate of drug-likeness (QED) is 0.378. The summed E-state index contributed by atoms with van der Waals surface area (Å²) >= 11 is 0. The highest BCUT2D eigenvalue weighted by Crippen LogP contribution is 2.48. The second-order valence-electron chi connectivity index (χ2n) is 10.2. The fourth-order valence-electron chi connectivity index (χ4n) is 5.56. The fourth-order valence-corrected chi connectivity index (χ4v) is 5.56. The van der Waals surface area contributed by atoms with Gasteiger partial charge in [-0.15, -0.1) is 0 Å². The number of rotatable bonds is 9. The van der Waals surface area contributed by atoms with E-state index in [0.29, 0.717) is 23.9 Å². The summed E-state index contributed by atoms with van der Waals surface area (Å²) in [6, 6.07) is 13.9. The predicted octanol–water partition coefficient (Wildman–Crippen LogP) is 5.90. The topological polar surface area (TPSA) is 80.7 Å². The second-order valence-corrected chi connectivity index (χ2v) is 10.2. The molecule has 2 aromatic carbocycles. The van der Waals surface area contributed by atoms with Crippen molar-refractivity contribution in [2.75, 3.05) is 14.2 Å². The molecule has 3 atom stereocenters. The lowest BCUT2D eigenvalue weighted by atomic mass is 9.82. The Morgan fingerprint density at radius 1 is 1.19 bits per heavy atom. The number of aliphatic carboxylic acids is 1. The average Bonchev–Trinajstić information content (AvgIpc) is 3.74. The molecule has 0 amide bonds. The van der Waals surface area contributed by atoms with Gasteiger partial charge in [0.05, 0.1) is 19.2 Å². The molecule has 2 aliphatic rings.